The molecule has 0 amide bonds. The lowest BCUT2D eigenvalue weighted by Gasteiger charge is -2.29. The topological polar surface area (TPSA) is 15.6 Å². The number of benzene rings is 7. The van der Waals surface area contributed by atoms with Gasteiger partial charge in [-0.1, -0.05) is 152 Å². The summed E-state index contributed by atoms with van der Waals surface area (Å²) in [5.41, 5.74) is 16.7. The average molecular weight is 749 g/mol. The normalized spacial score (nSPS) is 20.1. The summed E-state index contributed by atoms with van der Waals surface area (Å²) in [5, 5.41) is 3.27. The summed E-state index contributed by atoms with van der Waals surface area (Å²) in [6.45, 7) is 6.66. The highest BCUT2D eigenvalue weighted by molar-refractivity contribution is 8.00. The van der Waals surface area contributed by atoms with Gasteiger partial charge in [0, 0.05) is 44.5 Å². The highest BCUT2D eigenvalue weighted by atomic mass is 32.2. The molecule has 11 rings (SSSR count). The summed E-state index contributed by atoms with van der Waals surface area (Å²) in [5.74, 6) is 0.646. The summed E-state index contributed by atoms with van der Waals surface area (Å²) in [4.78, 5) is 9.11. The van der Waals surface area contributed by atoms with E-state index in [-0.39, 0.29) is 12.0 Å². The van der Waals surface area contributed by atoms with Gasteiger partial charge in [0.1, 0.15) is 0 Å². The van der Waals surface area contributed by atoms with E-state index in [1.54, 1.807) is 0 Å². The summed E-state index contributed by atoms with van der Waals surface area (Å²) < 4.78 is 0. The van der Waals surface area contributed by atoms with Crippen molar-refractivity contribution in [3.05, 3.63) is 234 Å². The largest absolute Gasteiger partial charge is 0.333 e. The van der Waals surface area contributed by atoms with Gasteiger partial charge >= 0.3 is 0 Å². The van der Waals surface area contributed by atoms with Crippen molar-refractivity contribution in [1.29, 1.82) is 0 Å². The van der Waals surface area contributed by atoms with Crippen LogP contribution in [0, 0.1) is 0 Å². The first-order valence-corrected chi connectivity index (χ1v) is 20.7. The fourth-order valence-corrected chi connectivity index (χ4v) is 11.1. The summed E-state index contributed by atoms with van der Waals surface area (Å²) in [7, 11) is 0. The first kappa shape index (κ1) is 33.9. The number of rotatable bonds is 7. The predicted molar refractivity (Wildman–Crippen MR) is 242 cm³/mol. The van der Waals surface area contributed by atoms with Crippen molar-refractivity contribution >= 4 is 50.9 Å². The number of anilines is 2. The minimum Gasteiger partial charge on any atom is -0.333 e. The molecule has 0 spiro atoms. The fourth-order valence-electron chi connectivity index (χ4n) is 9.56. The van der Waals surface area contributed by atoms with Crippen LogP contribution in [0.4, 0.5) is 11.4 Å². The Bertz CT molecular complexity index is 2870. The molecule has 0 fully saturated rings. The Labute approximate surface area is 339 Å². The summed E-state index contributed by atoms with van der Waals surface area (Å²) in [6.07, 6.45) is 11.3. The Morgan fingerprint density at radius 2 is 1.32 bits per heavy atom. The minimum atomic E-state index is 0.179. The second kappa shape index (κ2) is 13.7. The van der Waals surface area contributed by atoms with Crippen LogP contribution in [0.5, 0.6) is 0 Å². The second-order valence-corrected chi connectivity index (χ2v) is 16.7. The molecule has 0 N–H and O–H groups in total. The van der Waals surface area contributed by atoms with Crippen LogP contribution in [0.2, 0.25) is 0 Å². The molecular formula is C54H40N2S. The van der Waals surface area contributed by atoms with Gasteiger partial charge in [0.05, 0.1) is 17.5 Å². The van der Waals surface area contributed by atoms with Crippen LogP contribution in [-0.2, 0) is 0 Å². The smallest absolute Gasteiger partial charge is 0.0712 e. The molecule has 272 valence electrons. The number of nitrogens with zero attached hydrogens (tertiary/aromatic N) is 2. The average Bonchev–Trinajstić information content (AvgIpc) is 3.92. The van der Waals surface area contributed by atoms with Crippen molar-refractivity contribution in [3.8, 4) is 11.1 Å². The van der Waals surface area contributed by atoms with E-state index >= 15 is 0 Å². The van der Waals surface area contributed by atoms with Crippen molar-refractivity contribution in [1.82, 2.24) is 0 Å². The zero-order valence-electron chi connectivity index (χ0n) is 31.7. The van der Waals surface area contributed by atoms with Crippen LogP contribution >= 0.6 is 11.8 Å². The van der Waals surface area contributed by atoms with Crippen molar-refractivity contribution < 1.29 is 0 Å². The molecule has 0 saturated heterocycles. The third-order valence-electron chi connectivity index (χ3n) is 12.3. The number of hydrogen-bond donors (Lipinski definition) is 0. The number of hydrogen-bond acceptors (Lipinski definition) is 3. The standard InChI is InChI=1S/C54H40N2S/c1-34(36-14-5-3-6-15-36)30-48(37-16-7-4-8-17-37)55-35(2)39-20-11-21-42(31-39)56-49-25-10-9-22-43(49)46-32-40(26-28-50(46)56)41-27-29-51-47(33-41)53-44-23-12-18-38-19-13-24-45(52(38)44)54(53)57-51/h3-33,43,49,53-54H,2H2,1H3/b34-30+,55-48?. The quantitative estimate of drug-likeness (QED) is 0.151. The van der Waals surface area contributed by atoms with Crippen LogP contribution in [0.1, 0.15) is 63.0 Å². The fraction of sp³-hybridized carbons (Fsp3) is 0.0926. The van der Waals surface area contributed by atoms with Crippen LogP contribution < -0.4 is 4.90 Å². The minimum absolute atomic E-state index is 0.179. The van der Waals surface area contributed by atoms with E-state index in [2.05, 4.69) is 194 Å². The highest BCUT2D eigenvalue weighted by Gasteiger charge is 2.42. The molecule has 2 aliphatic heterocycles. The van der Waals surface area contributed by atoms with Gasteiger partial charge in [-0.3, -0.25) is 0 Å². The van der Waals surface area contributed by atoms with Crippen LogP contribution in [0.15, 0.2) is 205 Å². The molecule has 0 radical (unpaired) electrons. The van der Waals surface area contributed by atoms with Gasteiger partial charge < -0.3 is 4.90 Å². The van der Waals surface area contributed by atoms with Gasteiger partial charge in [0.25, 0.3) is 0 Å². The molecule has 2 nitrogen and oxygen atoms in total. The molecular weight excluding hydrogens is 709 g/mol. The van der Waals surface area contributed by atoms with Crippen LogP contribution in [-0.4, -0.2) is 11.8 Å². The number of aliphatic imine (C=N–C) groups is 1. The lowest BCUT2D eigenvalue weighted by atomic mass is 9.88. The van der Waals surface area contributed by atoms with E-state index in [0.717, 1.165) is 33.8 Å². The van der Waals surface area contributed by atoms with E-state index < -0.39 is 0 Å². The molecule has 0 bridgehead atoms. The molecule has 4 atom stereocenters. The Morgan fingerprint density at radius 1 is 0.632 bits per heavy atom. The first-order chi connectivity index (χ1) is 28.1. The SMILES string of the molecule is C=C(N=C(/C=C(\C)c1ccccc1)c1ccccc1)c1cccc(N2c3ccc(-c4ccc5c(c4)C4c6cccc7cccc(c67)C4S5)cc3C3C=CC=CC32)c1. The molecule has 3 heteroatoms. The molecule has 2 aliphatic carbocycles. The Kier molecular flexibility index (Phi) is 8.11. The maximum Gasteiger partial charge on any atom is 0.0712 e. The molecule has 2 heterocycles. The van der Waals surface area contributed by atoms with Crippen LogP contribution in [0.3, 0.4) is 0 Å². The molecule has 7 aromatic rings. The van der Waals surface area contributed by atoms with Gasteiger partial charge in [-0.2, -0.15) is 0 Å². The Hall–Kier alpha value is -6.42. The molecule has 57 heavy (non-hydrogen) atoms. The number of fused-ring (bicyclic) bond motifs is 8. The maximum absolute atomic E-state index is 5.19. The van der Waals surface area contributed by atoms with Gasteiger partial charge in [-0.15, -0.1) is 11.8 Å². The third-order valence-corrected chi connectivity index (χ3v) is 13.7. The van der Waals surface area contributed by atoms with Gasteiger partial charge in [-0.25, -0.2) is 4.99 Å². The van der Waals surface area contributed by atoms with Gasteiger partial charge in [-0.05, 0) is 105 Å². The van der Waals surface area contributed by atoms with E-state index in [9.17, 15) is 0 Å². The zero-order chi connectivity index (χ0) is 38.0. The summed E-state index contributed by atoms with van der Waals surface area (Å²) >= 11 is 2.04. The van der Waals surface area contributed by atoms with Crippen LogP contribution in [0.25, 0.3) is 33.2 Å². The predicted octanol–water partition coefficient (Wildman–Crippen LogP) is 14.1. The van der Waals surface area contributed by atoms with E-state index in [1.165, 1.54) is 60.3 Å². The zero-order valence-corrected chi connectivity index (χ0v) is 32.5. The maximum atomic E-state index is 5.19. The van der Waals surface area contributed by atoms with Gasteiger partial charge in [0.15, 0.2) is 0 Å². The highest BCUT2D eigenvalue weighted by Crippen LogP contribution is 2.63. The van der Waals surface area contributed by atoms with Crippen molar-refractivity contribution in [2.75, 3.05) is 4.90 Å². The number of allylic oxidation sites excluding steroid dienone is 4. The summed E-state index contributed by atoms with van der Waals surface area (Å²) in [6, 6.07) is 57.8. The van der Waals surface area contributed by atoms with Crippen molar-refractivity contribution in [2.45, 2.75) is 34.9 Å². The van der Waals surface area contributed by atoms with Crippen molar-refractivity contribution in [3.63, 3.8) is 0 Å². The van der Waals surface area contributed by atoms with Gasteiger partial charge in [0.2, 0.25) is 0 Å². The second-order valence-electron chi connectivity index (χ2n) is 15.5. The molecule has 0 aromatic heterocycles. The van der Waals surface area contributed by atoms with E-state index in [4.69, 9.17) is 4.99 Å². The molecule has 4 unspecified atom stereocenters. The Balaban J connectivity index is 0.935. The Morgan fingerprint density at radius 3 is 2.12 bits per heavy atom. The molecule has 4 aliphatic rings. The van der Waals surface area contributed by atoms with E-state index in [1.807, 2.05) is 23.9 Å². The third kappa shape index (κ3) is 5.68. The van der Waals surface area contributed by atoms with E-state index in [0.29, 0.717) is 11.2 Å². The lowest BCUT2D eigenvalue weighted by Crippen LogP contribution is -2.28. The van der Waals surface area contributed by atoms with Crippen molar-refractivity contribution in [2.24, 2.45) is 4.99 Å². The monoisotopic (exact) mass is 748 g/mol. The number of thioether (sulfide) groups is 1. The molecule has 7 aromatic carbocycles. The lowest BCUT2D eigenvalue weighted by molar-refractivity contribution is 0.745. The molecule has 0 saturated carbocycles. The first-order valence-electron chi connectivity index (χ1n) is 19.9.